The summed E-state index contributed by atoms with van der Waals surface area (Å²) in [5.41, 5.74) is 1.73. The fourth-order valence-electron chi connectivity index (χ4n) is 3.22. The van der Waals surface area contributed by atoms with Crippen LogP contribution in [0.4, 0.5) is 11.4 Å². The highest BCUT2D eigenvalue weighted by Gasteiger charge is 2.20. The molecule has 0 unspecified atom stereocenters. The summed E-state index contributed by atoms with van der Waals surface area (Å²) >= 11 is 0. The maximum Gasteiger partial charge on any atom is 0.258 e. The van der Waals surface area contributed by atoms with Crippen LogP contribution in [0.1, 0.15) is 32.6 Å². The van der Waals surface area contributed by atoms with E-state index in [0.717, 1.165) is 0 Å². The zero-order valence-electron chi connectivity index (χ0n) is 17.2. The number of hydrogen-bond acceptors (Lipinski definition) is 5. The lowest BCUT2D eigenvalue weighted by Gasteiger charge is -2.26. The van der Waals surface area contributed by atoms with Gasteiger partial charge in [0.2, 0.25) is 11.8 Å². The van der Waals surface area contributed by atoms with Crippen LogP contribution >= 0.6 is 0 Å². The Morgan fingerprint density at radius 3 is 2.33 bits per heavy atom. The largest absolute Gasteiger partial charge is 0.326 e. The second-order valence-corrected chi connectivity index (χ2v) is 7.01. The van der Waals surface area contributed by atoms with E-state index >= 15 is 0 Å². The number of rotatable bonds is 7. The number of carbonyl (C=O) groups excluding carboxylic acids is 2. The van der Waals surface area contributed by atoms with Crippen molar-refractivity contribution >= 4 is 34.1 Å². The summed E-state index contributed by atoms with van der Waals surface area (Å²) < 4.78 is 0. The highest BCUT2D eigenvalue weighted by molar-refractivity contribution is 5.93. The van der Waals surface area contributed by atoms with Crippen LogP contribution in [-0.4, -0.2) is 39.8 Å². The number of nitrogens with one attached hydrogen (secondary N) is 3. The molecule has 156 valence electrons. The molecule has 0 saturated heterocycles. The fourth-order valence-corrected chi connectivity index (χ4v) is 3.22. The van der Waals surface area contributed by atoms with Crippen molar-refractivity contribution in [1.82, 2.24) is 14.9 Å². The Labute approximate surface area is 174 Å². The number of anilines is 2. The average molecular weight is 407 g/mol. The molecular formula is C22H25N5O3. The monoisotopic (exact) mass is 407 g/mol. The quantitative estimate of drug-likeness (QED) is 0.558. The topological polar surface area (TPSA) is 107 Å². The van der Waals surface area contributed by atoms with Gasteiger partial charge >= 0.3 is 0 Å². The van der Waals surface area contributed by atoms with E-state index in [0.29, 0.717) is 34.6 Å². The summed E-state index contributed by atoms with van der Waals surface area (Å²) in [5, 5.41) is 6.07. The van der Waals surface area contributed by atoms with E-state index in [9.17, 15) is 14.4 Å². The molecule has 0 aliphatic heterocycles. The molecule has 0 spiro atoms. The zero-order chi connectivity index (χ0) is 21.7. The molecule has 3 N–H and O–H groups in total. The van der Waals surface area contributed by atoms with Gasteiger partial charge in [0.25, 0.3) is 5.56 Å². The van der Waals surface area contributed by atoms with Gasteiger partial charge in [0.15, 0.2) is 0 Å². The van der Waals surface area contributed by atoms with Gasteiger partial charge in [-0.05, 0) is 49.9 Å². The summed E-state index contributed by atoms with van der Waals surface area (Å²) in [6, 6.07) is 13.8. The standard InChI is InChI=1S/C22H25N5O3/c1-4-27(13-20(29)24-17-11-9-16(10-12-17)23-15(3)28)14(2)21-25-19-8-6-5-7-18(19)22(30)26-21/h5-12,14H,4,13H2,1-3H3,(H,23,28)(H,24,29)(H,25,26,30)/t14-/m1/s1. The van der Waals surface area contributed by atoms with Crippen LogP contribution in [0, 0.1) is 0 Å². The van der Waals surface area contributed by atoms with Crippen LogP contribution in [0.25, 0.3) is 10.9 Å². The van der Waals surface area contributed by atoms with Crippen molar-refractivity contribution in [3.8, 4) is 0 Å². The van der Waals surface area contributed by atoms with E-state index in [-0.39, 0.29) is 30.0 Å². The third kappa shape index (κ3) is 5.09. The first-order chi connectivity index (χ1) is 14.4. The third-order valence-corrected chi connectivity index (χ3v) is 4.82. The summed E-state index contributed by atoms with van der Waals surface area (Å²) in [6.07, 6.45) is 0. The van der Waals surface area contributed by atoms with Gasteiger partial charge in [0.05, 0.1) is 23.5 Å². The molecule has 2 aromatic carbocycles. The molecule has 1 atom stereocenters. The van der Waals surface area contributed by atoms with Crippen LogP contribution < -0.4 is 16.2 Å². The molecule has 0 radical (unpaired) electrons. The Morgan fingerprint density at radius 2 is 1.70 bits per heavy atom. The van der Waals surface area contributed by atoms with Crippen molar-refractivity contribution in [1.29, 1.82) is 0 Å². The van der Waals surface area contributed by atoms with Crippen molar-refractivity contribution in [2.75, 3.05) is 23.7 Å². The molecule has 1 heterocycles. The number of H-pyrrole nitrogens is 1. The first kappa shape index (κ1) is 21.2. The number of carbonyl (C=O) groups is 2. The average Bonchev–Trinajstić information content (AvgIpc) is 2.72. The van der Waals surface area contributed by atoms with Gasteiger partial charge in [0, 0.05) is 18.3 Å². The lowest BCUT2D eigenvalue weighted by atomic mass is 10.2. The first-order valence-electron chi connectivity index (χ1n) is 9.78. The minimum atomic E-state index is -0.250. The SMILES string of the molecule is CCN(CC(=O)Nc1ccc(NC(C)=O)cc1)[C@H](C)c1nc2ccccc2c(=O)[nH]1. The number of hydrogen-bond donors (Lipinski definition) is 3. The number of nitrogens with zero attached hydrogens (tertiary/aromatic N) is 2. The van der Waals surface area contributed by atoms with Gasteiger partial charge in [0.1, 0.15) is 5.82 Å². The number of fused-ring (bicyclic) bond motifs is 1. The summed E-state index contributed by atoms with van der Waals surface area (Å²) in [6.45, 7) is 6.04. The molecule has 0 fully saturated rings. The minimum Gasteiger partial charge on any atom is -0.326 e. The van der Waals surface area contributed by atoms with Crippen molar-refractivity contribution < 1.29 is 9.59 Å². The normalized spacial score (nSPS) is 12.0. The summed E-state index contributed by atoms with van der Waals surface area (Å²) in [4.78, 5) is 45.3. The van der Waals surface area contributed by atoms with Gasteiger partial charge < -0.3 is 15.6 Å². The predicted octanol–water partition coefficient (Wildman–Crippen LogP) is 2.90. The highest BCUT2D eigenvalue weighted by Crippen LogP contribution is 2.18. The van der Waals surface area contributed by atoms with E-state index in [1.54, 1.807) is 42.5 Å². The molecular weight excluding hydrogens is 382 g/mol. The van der Waals surface area contributed by atoms with Gasteiger partial charge in [-0.2, -0.15) is 0 Å². The maximum absolute atomic E-state index is 12.5. The van der Waals surface area contributed by atoms with Crippen molar-refractivity contribution in [3.05, 3.63) is 64.7 Å². The predicted molar refractivity (Wildman–Crippen MR) is 117 cm³/mol. The van der Waals surface area contributed by atoms with Crippen LogP contribution in [0.2, 0.25) is 0 Å². The number of aromatic amines is 1. The van der Waals surface area contributed by atoms with E-state index in [4.69, 9.17) is 0 Å². The van der Waals surface area contributed by atoms with E-state index in [1.165, 1.54) is 6.92 Å². The molecule has 3 rings (SSSR count). The lowest BCUT2D eigenvalue weighted by molar-refractivity contribution is -0.118. The first-order valence-corrected chi connectivity index (χ1v) is 9.78. The van der Waals surface area contributed by atoms with Crippen molar-refractivity contribution in [2.24, 2.45) is 0 Å². The van der Waals surface area contributed by atoms with E-state index in [2.05, 4.69) is 20.6 Å². The Balaban J connectivity index is 1.69. The van der Waals surface area contributed by atoms with Crippen LogP contribution in [0.5, 0.6) is 0 Å². The maximum atomic E-state index is 12.5. The number of para-hydroxylation sites is 1. The molecule has 0 bridgehead atoms. The molecule has 3 aromatic rings. The molecule has 0 aliphatic rings. The molecule has 1 aromatic heterocycles. The molecule has 0 aliphatic carbocycles. The smallest absolute Gasteiger partial charge is 0.258 e. The Hall–Kier alpha value is -3.52. The van der Waals surface area contributed by atoms with Crippen molar-refractivity contribution in [2.45, 2.75) is 26.8 Å². The number of amides is 2. The van der Waals surface area contributed by atoms with Gasteiger partial charge in [-0.3, -0.25) is 19.3 Å². The lowest BCUT2D eigenvalue weighted by Crippen LogP contribution is -2.36. The Bertz CT molecular complexity index is 1110. The second-order valence-electron chi connectivity index (χ2n) is 7.01. The Morgan fingerprint density at radius 1 is 1.07 bits per heavy atom. The van der Waals surface area contributed by atoms with Gasteiger partial charge in [-0.15, -0.1) is 0 Å². The summed E-state index contributed by atoms with van der Waals surface area (Å²) in [5.74, 6) is 0.187. The van der Waals surface area contributed by atoms with Crippen LogP contribution in [0.3, 0.4) is 0 Å². The Kier molecular flexibility index (Phi) is 6.58. The van der Waals surface area contributed by atoms with E-state index in [1.807, 2.05) is 24.8 Å². The fraction of sp³-hybridized carbons (Fsp3) is 0.273. The van der Waals surface area contributed by atoms with Crippen LogP contribution in [0.15, 0.2) is 53.3 Å². The number of benzene rings is 2. The third-order valence-electron chi connectivity index (χ3n) is 4.82. The highest BCUT2D eigenvalue weighted by atomic mass is 16.2. The zero-order valence-corrected chi connectivity index (χ0v) is 17.2. The molecule has 8 heteroatoms. The molecule has 8 nitrogen and oxygen atoms in total. The van der Waals surface area contributed by atoms with Gasteiger partial charge in [-0.1, -0.05) is 19.1 Å². The molecule has 0 saturated carbocycles. The number of likely N-dealkylation sites (N-methyl/N-ethyl adjacent to an activating group) is 1. The van der Waals surface area contributed by atoms with Crippen LogP contribution in [-0.2, 0) is 9.59 Å². The number of aromatic nitrogens is 2. The van der Waals surface area contributed by atoms with Gasteiger partial charge in [-0.25, -0.2) is 4.98 Å². The van der Waals surface area contributed by atoms with Crippen molar-refractivity contribution in [3.63, 3.8) is 0 Å². The van der Waals surface area contributed by atoms with E-state index < -0.39 is 0 Å². The summed E-state index contributed by atoms with van der Waals surface area (Å²) in [7, 11) is 0. The minimum absolute atomic E-state index is 0.141. The molecule has 2 amide bonds. The molecule has 30 heavy (non-hydrogen) atoms. The second kappa shape index (κ2) is 9.32.